The lowest BCUT2D eigenvalue weighted by atomic mass is 10.1. The van der Waals surface area contributed by atoms with Crippen molar-refractivity contribution in [1.82, 2.24) is 19.7 Å². The lowest BCUT2D eigenvalue weighted by molar-refractivity contribution is 0.181. The Morgan fingerprint density at radius 1 is 1.17 bits per heavy atom. The van der Waals surface area contributed by atoms with Crippen LogP contribution >= 0.6 is 0 Å². The predicted molar refractivity (Wildman–Crippen MR) is 87.8 cm³/mol. The average molecular weight is 309 g/mol. The number of rotatable bonds is 7. The van der Waals surface area contributed by atoms with Crippen LogP contribution in [-0.4, -0.2) is 26.9 Å². The monoisotopic (exact) mass is 309 g/mol. The summed E-state index contributed by atoms with van der Waals surface area (Å²) in [6.07, 6.45) is 5.28. The van der Waals surface area contributed by atoms with E-state index in [0.29, 0.717) is 13.2 Å². The molecule has 0 aliphatic rings. The number of aromatic nitrogens is 4. The number of hydrogen-bond donors (Lipinski definition) is 1. The number of hydrogen-bond acceptors (Lipinski definition) is 5. The second kappa shape index (κ2) is 7.51. The van der Waals surface area contributed by atoms with Crippen LogP contribution in [-0.2, 0) is 17.9 Å². The molecule has 2 heterocycles. The molecule has 0 spiro atoms. The molecule has 0 amide bonds. The third-order valence-electron chi connectivity index (χ3n) is 3.47. The van der Waals surface area contributed by atoms with E-state index in [0.717, 1.165) is 11.5 Å². The van der Waals surface area contributed by atoms with E-state index >= 15 is 0 Å². The summed E-state index contributed by atoms with van der Waals surface area (Å²) in [5, 5.41) is 7.76. The van der Waals surface area contributed by atoms with Gasteiger partial charge < -0.3 is 10.1 Å². The van der Waals surface area contributed by atoms with Gasteiger partial charge in [-0.1, -0.05) is 30.3 Å². The Bertz CT molecular complexity index is 715. The highest BCUT2D eigenvalue weighted by Crippen LogP contribution is 2.20. The molecule has 0 saturated carbocycles. The van der Waals surface area contributed by atoms with Gasteiger partial charge in [-0.05, 0) is 11.6 Å². The van der Waals surface area contributed by atoms with Crippen molar-refractivity contribution in [2.24, 2.45) is 0 Å². The zero-order chi connectivity index (χ0) is 15.9. The molecule has 0 aliphatic heterocycles. The molecule has 0 fully saturated rings. The van der Waals surface area contributed by atoms with Crippen LogP contribution in [0.15, 0.2) is 61.2 Å². The van der Waals surface area contributed by atoms with Gasteiger partial charge in [0, 0.05) is 25.6 Å². The molecule has 0 bridgehead atoms. The van der Waals surface area contributed by atoms with Gasteiger partial charge in [-0.15, -0.1) is 0 Å². The Morgan fingerprint density at radius 2 is 2.04 bits per heavy atom. The van der Waals surface area contributed by atoms with Gasteiger partial charge >= 0.3 is 0 Å². The van der Waals surface area contributed by atoms with Gasteiger partial charge in [0.05, 0.1) is 24.9 Å². The van der Waals surface area contributed by atoms with Crippen molar-refractivity contribution >= 4 is 5.82 Å². The van der Waals surface area contributed by atoms with Crippen molar-refractivity contribution in [2.75, 3.05) is 12.4 Å². The first kappa shape index (κ1) is 15.2. The standard InChI is InChI=1S/C17H19N5O/c1-23-12-15-10-17(19-13-18-15)21-16(11-22-9-5-8-20-22)14-6-3-2-4-7-14/h2-10,13,16H,11-12H2,1H3,(H,18,19,21)/t16-/m0/s1. The zero-order valence-electron chi connectivity index (χ0n) is 13.0. The highest BCUT2D eigenvalue weighted by atomic mass is 16.5. The van der Waals surface area contributed by atoms with Crippen LogP contribution in [0.5, 0.6) is 0 Å². The molecule has 1 N–H and O–H groups in total. The fraction of sp³-hybridized carbons (Fsp3) is 0.235. The average Bonchev–Trinajstić information content (AvgIpc) is 3.09. The largest absolute Gasteiger partial charge is 0.378 e. The van der Waals surface area contributed by atoms with E-state index < -0.39 is 0 Å². The molecule has 118 valence electrons. The van der Waals surface area contributed by atoms with Gasteiger partial charge in [0.25, 0.3) is 0 Å². The lowest BCUT2D eigenvalue weighted by Gasteiger charge is -2.20. The van der Waals surface area contributed by atoms with Crippen molar-refractivity contribution in [3.8, 4) is 0 Å². The van der Waals surface area contributed by atoms with E-state index in [9.17, 15) is 0 Å². The maximum absolute atomic E-state index is 5.13. The number of ether oxygens (including phenoxy) is 1. The van der Waals surface area contributed by atoms with Gasteiger partial charge in [-0.2, -0.15) is 5.10 Å². The molecular weight excluding hydrogens is 290 g/mol. The molecule has 0 aliphatic carbocycles. The van der Waals surface area contributed by atoms with Crippen molar-refractivity contribution in [1.29, 1.82) is 0 Å². The summed E-state index contributed by atoms with van der Waals surface area (Å²) < 4.78 is 7.03. The third-order valence-corrected chi connectivity index (χ3v) is 3.47. The number of nitrogens with one attached hydrogen (secondary N) is 1. The van der Waals surface area contributed by atoms with Gasteiger partial charge in [-0.25, -0.2) is 9.97 Å². The molecule has 6 nitrogen and oxygen atoms in total. The summed E-state index contributed by atoms with van der Waals surface area (Å²) in [6.45, 7) is 1.17. The minimum Gasteiger partial charge on any atom is -0.378 e. The van der Waals surface area contributed by atoms with Crippen molar-refractivity contribution < 1.29 is 4.74 Å². The third kappa shape index (κ3) is 4.14. The molecule has 3 rings (SSSR count). The number of benzene rings is 1. The van der Waals surface area contributed by atoms with Gasteiger partial charge in [0.15, 0.2) is 0 Å². The summed E-state index contributed by atoms with van der Waals surface area (Å²) in [5.74, 6) is 0.771. The molecule has 0 radical (unpaired) electrons. The van der Waals surface area contributed by atoms with Crippen LogP contribution in [0.2, 0.25) is 0 Å². The summed E-state index contributed by atoms with van der Waals surface area (Å²) in [5.41, 5.74) is 2.02. The van der Waals surface area contributed by atoms with Crippen LogP contribution < -0.4 is 5.32 Å². The van der Waals surface area contributed by atoms with Crippen molar-refractivity contribution in [3.05, 3.63) is 72.4 Å². The highest BCUT2D eigenvalue weighted by molar-refractivity contribution is 5.38. The summed E-state index contributed by atoms with van der Waals surface area (Å²) >= 11 is 0. The van der Waals surface area contributed by atoms with Crippen LogP contribution in [0.3, 0.4) is 0 Å². The van der Waals surface area contributed by atoms with E-state index in [1.165, 1.54) is 5.56 Å². The SMILES string of the molecule is COCc1cc(N[C@@H](Cn2cccn2)c2ccccc2)ncn1. The van der Waals surface area contributed by atoms with E-state index in [1.54, 1.807) is 19.6 Å². The molecule has 0 saturated heterocycles. The van der Waals surface area contributed by atoms with E-state index in [4.69, 9.17) is 4.74 Å². The molecular formula is C17H19N5O. The smallest absolute Gasteiger partial charge is 0.130 e. The van der Waals surface area contributed by atoms with E-state index in [-0.39, 0.29) is 6.04 Å². The van der Waals surface area contributed by atoms with Crippen LogP contribution in [0.1, 0.15) is 17.3 Å². The molecule has 2 aromatic heterocycles. The maximum Gasteiger partial charge on any atom is 0.130 e. The molecule has 3 aromatic rings. The van der Waals surface area contributed by atoms with Crippen LogP contribution in [0.4, 0.5) is 5.82 Å². The first-order valence-electron chi connectivity index (χ1n) is 7.44. The van der Waals surface area contributed by atoms with Crippen molar-refractivity contribution in [3.63, 3.8) is 0 Å². The van der Waals surface area contributed by atoms with E-state index in [1.807, 2.05) is 41.2 Å². The topological polar surface area (TPSA) is 64.9 Å². The second-order valence-electron chi connectivity index (χ2n) is 5.16. The normalized spacial score (nSPS) is 12.0. The van der Waals surface area contributed by atoms with Gasteiger partial charge in [0.2, 0.25) is 0 Å². The molecule has 1 aromatic carbocycles. The molecule has 1 atom stereocenters. The first-order chi connectivity index (χ1) is 11.3. The Balaban J connectivity index is 1.82. The molecule has 23 heavy (non-hydrogen) atoms. The number of methoxy groups -OCH3 is 1. The summed E-state index contributed by atoms with van der Waals surface area (Å²) in [4.78, 5) is 8.50. The molecule has 0 unspecified atom stereocenters. The van der Waals surface area contributed by atoms with Crippen LogP contribution in [0, 0.1) is 0 Å². The fourth-order valence-electron chi connectivity index (χ4n) is 2.40. The van der Waals surface area contributed by atoms with Crippen LogP contribution in [0.25, 0.3) is 0 Å². The predicted octanol–water partition coefficient (Wildman–Crippen LogP) is 2.67. The Hall–Kier alpha value is -2.73. The quantitative estimate of drug-likeness (QED) is 0.727. The minimum atomic E-state index is 0.0568. The number of anilines is 1. The van der Waals surface area contributed by atoms with Crippen molar-refractivity contribution in [2.45, 2.75) is 19.2 Å². The maximum atomic E-state index is 5.13. The lowest BCUT2D eigenvalue weighted by Crippen LogP contribution is -2.18. The van der Waals surface area contributed by atoms with Gasteiger partial charge in [0.1, 0.15) is 12.1 Å². The number of nitrogens with zero attached hydrogens (tertiary/aromatic N) is 4. The first-order valence-corrected chi connectivity index (χ1v) is 7.44. The zero-order valence-corrected chi connectivity index (χ0v) is 13.0. The molecule has 6 heteroatoms. The second-order valence-corrected chi connectivity index (χ2v) is 5.16. The minimum absolute atomic E-state index is 0.0568. The summed E-state index contributed by atoms with van der Waals surface area (Å²) in [7, 11) is 1.65. The highest BCUT2D eigenvalue weighted by Gasteiger charge is 2.13. The Morgan fingerprint density at radius 3 is 2.78 bits per heavy atom. The Kier molecular flexibility index (Phi) is 4.95. The van der Waals surface area contributed by atoms with E-state index in [2.05, 4.69) is 32.5 Å². The Labute approximate surface area is 135 Å². The van der Waals surface area contributed by atoms with Gasteiger partial charge in [-0.3, -0.25) is 4.68 Å². The fourth-order valence-corrected chi connectivity index (χ4v) is 2.40. The summed E-state index contributed by atoms with van der Waals surface area (Å²) in [6, 6.07) is 14.1.